The standard InChI is InChI=1S/C33H41N3O6S/c1-3-42-23-7-22-34-33(38)32(27-8-5-4-6-9-27)36(24-26-10-17-29(41-2)18-11-26)31(37)21-14-25-12-19-30(20-13-25)43(39,40)35-28-15-16-28/h4-6,8-13,17-20,28,32,35H,3,7,14-16,21-24H2,1-2H3,(H,34,38)/t32-/m1/s1. The minimum Gasteiger partial charge on any atom is -0.497 e. The van der Waals surface area contributed by atoms with Crippen LogP contribution < -0.4 is 14.8 Å². The van der Waals surface area contributed by atoms with Gasteiger partial charge in [0.05, 0.1) is 12.0 Å². The summed E-state index contributed by atoms with van der Waals surface area (Å²) in [5.74, 6) is 0.245. The number of sulfonamides is 1. The van der Waals surface area contributed by atoms with Gasteiger partial charge in [-0.25, -0.2) is 13.1 Å². The summed E-state index contributed by atoms with van der Waals surface area (Å²) in [5.41, 5.74) is 2.40. The number of hydrogen-bond donors (Lipinski definition) is 2. The van der Waals surface area contributed by atoms with E-state index in [1.54, 1.807) is 36.3 Å². The van der Waals surface area contributed by atoms with E-state index >= 15 is 0 Å². The highest BCUT2D eigenvalue weighted by Gasteiger charge is 2.31. The Morgan fingerprint density at radius 2 is 1.63 bits per heavy atom. The zero-order valence-electron chi connectivity index (χ0n) is 24.8. The van der Waals surface area contributed by atoms with Gasteiger partial charge < -0.3 is 19.7 Å². The summed E-state index contributed by atoms with van der Waals surface area (Å²) in [7, 11) is -1.95. The average molecular weight is 608 g/mol. The molecule has 0 radical (unpaired) electrons. The summed E-state index contributed by atoms with van der Waals surface area (Å²) >= 11 is 0. The Balaban J connectivity index is 1.53. The average Bonchev–Trinajstić information content (AvgIpc) is 3.84. The molecule has 1 aliphatic rings. The fourth-order valence-corrected chi connectivity index (χ4v) is 6.01. The van der Waals surface area contributed by atoms with E-state index in [1.807, 2.05) is 61.5 Å². The quantitative estimate of drug-likeness (QED) is 0.220. The largest absolute Gasteiger partial charge is 0.497 e. The molecule has 1 aliphatic carbocycles. The summed E-state index contributed by atoms with van der Waals surface area (Å²) in [5, 5.41) is 3.00. The molecule has 1 saturated carbocycles. The lowest BCUT2D eigenvalue weighted by Crippen LogP contribution is -2.43. The highest BCUT2D eigenvalue weighted by molar-refractivity contribution is 7.89. The smallest absolute Gasteiger partial charge is 0.247 e. The number of nitrogens with one attached hydrogen (secondary N) is 2. The van der Waals surface area contributed by atoms with Gasteiger partial charge in [-0.3, -0.25) is 9.59 Å². The van der Waals surface area contributed by atoms with Gasteiger partial charge in [-0.2, -0.15) is 0 Å². The van der Waals surface area contributed by atoms with Crippen LogP contribution in [0.15, 0.2) is 83.8 Å². The van der Waals surface area contributed by atoms with Crippen LogP contribution in [0.2, 0.25) is 0 Å². The topological polar surface area (TPSA) is 114 Å². The van der Waals surface area contributed by atoms with Crippen molar-refractivity contribution in [1.82, 2.24) is 14.9 Å². The SMILES string of the molecule is CCOCCCNC(=O)[C@@H](c1ccccc1)N(Cc1ccc(OC)cc1)C(=O)CCc1ccc(S(=O)(=O)NC2CC2)cc1. The molecule has 10 heteroatoms. The Bertz CT molecular complexity index is 1430. The van der Waals surface area contributed by atoms with E-state index in [2.05, 4.69) is 10.0 Å². The number of aryl methyl sites for hydroxylation is 1. The summed E-state index contributed by atoms with van der Waals surface area (Å²) in [6, 6.07) is 22.5. The Labute approximate surface area is 254 Å². The Morgan fingerprint density at radius 3 is 2.26 bits per heavy atom. The Hall–Kier alpha value is -3.73. The molecular formula is C33H41N3O6S. The van der Waals surface area contributed by atoms with Crippen LogP contribution in [-0.4, -0.2) is 58.0 Å². The third-order valence-electron chi connectivity index (χ3n) is 7.24. The Kier molecular flexibility index (Phi) is 11.7. The maximum Gasteiger partial charge on any atom is 0.247 e. The second-order valence-corrected chi connectivity index (χ2v) is 12.3. The minimum absolute atomic E-state index is 0.0263. The molecule has 4 rings (SSSR count). The number of benzene rings is 3. The number of amides is 2. The van der Waals surface area contributed by atoms with Crippen LogP contribution in [-0.2, 0) is 37.3 Å². The van der Waals surface area contributed by atoms with Crippen molar-refractivity contribution >= 4 is 21.8 Å². The van der Waals surface area contributed by atoms with E-state index in [9.17, 15) is 18.0 Å². The van der Waals surface area contributed by atoms with Gasteiger partial charge in [-0.05, 0) is 73.6 Å². The molecule has 2 N–H and O–H groups in total. The first kappa shape index (κ1) is 32.2. The fourth-order valence-electron chi connectivity index (χ4n) is 4.70. The van der Waals surface area contributed by atoms with Crippen molar-refractivity contribution in [2.75, 3.05) is 26.9 Å². The molecule has 1 fully saturated rings. The zero-order chi connectivity index (χ0) is 30.7. The summed E-state index contributed by atoms with van der Waals surface area (Å²) < 4.78 is 38.5. The molecule has 3 aromatic carbocycles. The van der Waals surface area contributed by atoms with E-state index in [4.69, 9.17) is 9.47 Å². The van der Waals surface area contributed by atoms with Crippen molar-refractivity contribution in [3.05, 3.63) is 95.6 Å². The first-order valence-electron chi connectivity index (χ1n) is 14.7. The number of methoxy groups -OCH3 is 1. The maximum absolute atomic E-state index is 13.9. The van der Waals surface area contributed by atoms with Gasteiger partial charge >= 0.3 is 0 Å². The summed E-state index contributed by atoms with van der Waals surface area (Å²) in [4.78, 5) is 29.4. The third-order valence-corrected chi connectivity index (χ3v) is 8.77. The molecule has 0 aromatic heterocycles. The lowest BCUT2D eigenvalue weighted by Gasteiger charge is -2.32. The lowest BCUT2D eigenvalue weighted by molar-refractivity contribution is -0.141. The third kappa shape index (κ3) is 9.64. The van der Waals surface area contributed by atoms with Gasteiger partial charge in [0, 0.05) is 38.8 Å². The number of hydrogen-bond acceptors (Lipinski definition) is 6. The molecule has 0 bridgehead atoms. The molecule has 0 spiro atoms. The van der Waals surface area contributed by atoms with E-state index < -0.39 is 16.1 Å². The van der Waals surface area contributed by atoms with Crippen LogP contribution in [0, 0.1) is 0 Å². The highest BCUT2D eigenvalue weighted by atomic mass is 32.2. The van der Waals surface area contributed by atoms with E-state index in [0.29, 0.717) is 43.9 Å². The van der Waals surface area contributed by atoms with Crippen LogP contribution in [0.4, 0.5) is 0 Å². The summed E-state index contributed by atoms with van der Waals surface area (Å²) in [6.07, 6.45) is 2.92. The van der Waals surface area contributed by atoms with Crippen molar-refractivity contribution in [3.63, 3.8) is 0 Å². The normalized spacial score (nSPS) is 13.7. The number of carbonyl (C=O) groups is 2. The first-order chi connectivity index (χ1) is 20.8. The van der Waals surface area contributed by atoms with Crippen molar-refractivity contribution < 1.29 is 27.5 Å². The monoisotopic (exact) mass is 607 g/mol. The van der Waals surface area contributed by atoms with Gasteiger partial charge in [0.25, 0.3) is 0 Å². The molecule has 43 heavy (non-hydrogen) atoms. The fraction of sp³-hybridized carbons (Fsp3) is 0.394. The molecule has 0 heterocycles. The van der Waals surface area contributed by atoms with E-state index in [1.165, 1.54) is 0 Å². The molecular weight excluding hydrogens is 566 g/mol. The molecule has 1 atom stereocenters. The lowest BCUT2D eigenvalue weighted by atomic mass is 10.0. The predicted octanol–water partition coefficient (Wildman–Crippen LogP) is 4.38. The molecule has 0 unspecified atom stereocenters. The molecule has 230 valence electrons. The summed E-state index contributed by atoms with van der Waals surface area (Å²) in [6.45, 7) is 3.73. The van der Waals surface area contributed by atoms with Gasteiger partial charge in [0.15, 0.2) is 0 Å². The molecule has 2 amide bonds. The maximum atomic E-state index is 13.9. The number of rotatable bonds is 17. The predicted molar refractivity (Wildman–Crippen MR) is 165 cm³/mol. The number of ether oxygens (including phenoxy) is 2. The molecule has 0 saturated heterocycles. The van der Waals surface area contributed by atoms with Crippen LogP contribution in [0.3, 0.4) is 0 Å². The highest BCUT2D eigenvalue weighted by Crippen LogP contribution is 2.26. The van der Waals surface area contributed by atoms with Gasteiger partial charge in [0.1, 0.15) is 11.8 Å². The van der Waals surface area contributed by atoms with E-state index in [0.717, 1.165) is 24.0 Å². The van der Waals surface area contributed by atoms with Crippen molar-refractivity contribution in [2.24, 2.45) is 0 Å². The van der Waals surface area contributed by atoms with Crippen LogP contribution >= 0.6 is 0 Å². The second kappa shape index (κ2) is 15.7. The van der Waals surface area contributed by atoms with Gasteiger partial charge in [-0.15, -0.1) is 0 Å². The van der Waals surface area contributed by atoms with Gasteiger partial charge in [0.2, 0.25) is 21.8 Å². The second-order valence-electron chi connectivity index (χ2n) is 10.6. The Morgan fingerprint density at radius 1 is 0.953 bits per heavy atom. The van der Waals surface area contributed by atoms with Crippen molar-refractivity contribution in [1.29, 1.82) is 0 Å². The zero-order valence-corrected chi connectivity index (χ0v) is 25.6. The first-order valence-corrected chi connectivity index (χ1v) is 16.2. The van der Waals surface area contributed by atoms with Gasteiger partial charge in [-0.1, -0.05) is 54.6 Å². The van der Waals surface area contributed by atoms with Crippen LogP contribution in [0.5, 0.6) is 5.75 Å². The molecule has 0 aliphatic heterocycles. The van der Waals surface area contributed by atoms with Crippen molar-refractivity contribution in [3.8, 4) is 5.75 Å². The van der Waals surface area contributed by atoms with Crippen LogP contribution in [0.1, 0.15) is 55.3 Å². The van der Waals surface area contributed by atoms with E-state index in [-0.39, 0.29) is 35.7 Å². The van der Waals surface area contributed by atoms with Crippen molar-refractivity contribution in [2.45, 2.75) is 62.6 Å². The van der Waals surface area contributed by atoms with Crippen LogP contribution in [0.25, 0.3) is 0 Å². The minimum atomic E-state index is -3.55. The number of nitrogens with zero attached hydrogens (tertiary/aromatic N) is 1. The number of carbonyl (C=O) groups excluding carboxylic acids is 2. The molecule has 3 aromatic rings. The molecule has 9 nitrogen and oxygen atoms in total.